The molecule has 0 N–H and O–H groups in total. The van der Waals surface area contributed by atoms with E-state index in [9.17, 15) is 0 Å². The first-order valence-electron chi connectivity index (χ1n) is 4.84. The largest absolute Gasteiger partial charge is 0.370 e. The van der Waals surface area contributed by atoms with Crippen molar-refractivity contribution in [3.63, 3.8) is 0 Å². The van der Waals surface area contributed by atoms with Crippen molar-refractivity contribution >= 4 is 17.2 Å². The maximum atomic E-state index is 5.83. The second-order valence-corrected chi connectivity index (χ2v) is 3.87. The fourth-order valence-corrected chi connectivity index (χ4v) is 1.90. The van der Waals surface area contributed by atoms with Crippen molar-refractivity contribution < 1.29 is 4.74 Å². The topological polar surface area (TPSA) is 52.3 Å². The Morgan fingerprint density at radius 3 is 3.13 bits per heavy atom. The maximum Gasteiger partial charge on any atom is 0.183 e. The zero-order valence-corrected chi connectivity index (χ0v) is 8.68. The van der Waals surface area contributed by atoms with Gasteiger partial charge in [-0.25, -0.2) is 0 Å². The summed E-state index contributed by atoms with van der Waals surface area (Å²) in [4.78, 5) is 0. The van der Waals surface area contributed by atoms with Crippen molar-refractivity contribution in [3.05, 3.63) is 23.1 Å². The fraction of sp³-hybridized carbons (Fsp3) is 0.444. The fourth-order valence-electron chi connectivity index (χ4n) is 1.77. The van der Waals surface area contributed by atoms with Gasteiger partial charge < -0.3 is 4.74 Å². The van der Waals surface area contributed by atoms with Crippen LogP contribution in [0, 0.1) is 0 Å². The summed E-state index contributed by atoms with van der Waals surface area (Å²) in [6.45, 7) is 0.778. The van der Waals surface area contributed by atoms with Crippen molar-refractivity contribution in [2.45, 2.75) is 18.9 Å². The lowest BCUT2D eigenvalue weighted by molar-refractivity contribution is 0.103. The normalized spacial score (nSPS) is 21.3. The number of rotatable bonds is 1. The van der Waals surface area contributed by atoms with Gasteiger partial charge in [0.05, 0.1) is 0 Å². The first kappa shape index (κ1) is 9.06. The minimum atomic E-state index is 0.00552. The Labute approximate surface area is 91.0 Å². The molecule has 0 spiro atoms. The van der Waals surface area contributed by atoms with E-state index in [2.05, 4.69) is 15.3 Å². The molecule has 0 saturated carbocycles. The average molecular weight is 225 g/mol. The highest BCUT2D eigenvalue weighted by Crippen LogP contribution is 2.27. The van der Waals surface area contributed by atoms with Crippen LogP contribution in [0.1, 0.15) is 24.8 Å². The molecular weight excluding hydrogens is 216 g/mol. The molecule has 3 rings (SSSR count). The molecule has 1 saturated heterocycles. The van der Waals surface area contributed by atoms with Gasteiger partial charge in [-0.05, 0) is 25.0 Å². The Kier molecular flexibility index (Phi) is 2.07. The highest BCUT2D eigenvalue weighted by atomic mass is 35.5. The van der Waals surface area contributed by atoms with E-state index in [0.717, 1.165) is 25.3 Å². The standard InChI is InChI=1S/C9H9ClN4O/c10-7-3-4-8-11-12-9(14(8)13-7)6-2-1-5-15-6/h3-4,6H,1-2,5H2/t6-/m1/s1. The van der Waals surface area contributed by atoms with Crippen LogP contribution >= 0.6 is 11.6 Å². The van der Waals surface area contributed by atoms with E-state index in [1.54, 1.807) is 16.6 Å². The summed E-state index contributed by atoms with van der Waals surface area (Å²) in [7, 11) is 0. The molecule has 0 aliphatic carbocycles. The molecule has 78 valence electrons. The van der Waals surface area contributed by atoms with Gasteiger partial charge in [0.25, 0.3) is 0 Å². The molecule has 0 amide bonds. The molecule has 0 unspecified atom stereocenters. The number of nitrogens with zero attached hydrogens (tertiary/aromatic N) is 4. The van der Waals surface area contributed by atoms with E-state index >= 15 is 0 Å². The van der Waals surface area contributed by atoms with E-state index in [-0.39, 0.29) is 6.10 Å². The molecule has 1 aliphatic rings. The van der Waals surface area contributed by atoms with Crippen LogP contribution in [-0.2, 0) is 4.74 Å². The zero-order chi connectivity index (χ0) is 10.3. The van der Waals surface area contributed by atoms with Crippen molar-refractivity contribution in [3.8, 4) is 0 Å². The zero-order valence-electron chi connectivity index (χ0n) is 7.93. The van der Waals surface area contributed by atoms with Gasteiger partial charge in [-0.1, -0.05) is 11.6 Å². The lowest BCUT2D eigenvalue weighted by Crippen LogP contribution is -2.04. The highest BCUT2D eigenvalue weighted by Gasteiger charge is 2.23. The van der Waals surface area contributed by atoms with Crippen LogP contribution in [0.5, 0.6) is 0 Å². The molecule has 3 heterocycles. The van der Waals surface area contributed by atoms with Gasteiger partial charge in [0.2, 0.25) is 0 Å². The molecule has 1 fully saturated rings. The van der Waals surface area contributed by atoms with E-state index in [0.29, 0.717) is 10.8 Å². The minimum absolute atomic E-state index is 0.00552. The van der Waals surface area contributed by atoms with E-state index in [1.165, 1.54) is 0 Å². The summed E-state index contributed by atoms with van der Waals surface area (Å²) in [6, 6.07) is 3.49. The van der Waals surface area contributed by atoms with Gasteiger partial charge in [0.15, 0.2) is 11.5 Å². The Morgan fingerprint density at radius 2 is 2.33 bits per heavy atom. The lowest BCUT2D eigenvalue weighted by Gasteiger charge is -2.05. The predicted octanol–water partition coefficient (Wildman–Crippen LogP) is 1.63. The number of halogens is 1. The predicted molar refractivity (Wildman–Crippen MR) is 53.7 cm³/mol. The molecule has 2 aromatic rings. The lowest BCUT2D eigenvalue weighted by atomic mass is 10.2. The number of hydrogen-bond acceptors (Lipinski definition) is 4. The van der Waals surface area contributed by atoms with Crippen LogP contribution in [0.4, 0.5) is 0 Å². The molecule has 15 heavy (non-hydrogen) atoms. The van der Waals surface area contributed by atoms with Crippen LogP contribution < -0.4 is 0 Å². The van der Waals surface area contributed by atoms with Crippen molar-refractivity contribution in [1.29, 1.82) is 0 Å². The van der Waals surface area contributed by atoms with E-state index < -0.39 is 0 Å². The molecule has 0 aromatic carbocycles. The number of fused-ring (bicyclic) bond motifs is 1. The summed E-state index contributed by atoms with van der Waals surface area (Å²) in [5.41, 5.74) is 0.699. The van der Waals surface area contributed by atoms with Crippen LogP contribution in [0.2, 0.25) is 5.15 Å². The first-order chi connectivity index (χ1) is 7.34. The molecule has 1 atom stereocenters. The monoisotopic (exact) mass is 224 g/mol. The summed E-state index contributed by atoms with van der Waals surface area (Å²) in [5, 5.41) is 12.7. The molecule has 5 nitrogen and oxygen atoms in total. The quantitative estimate of drug-likeness (QED) is 0.739. The summed E-state index contributed by atoms with van der Waals surface area (Å²) >= 11 is 5.83. The molecule has 0 radical (unpaired) electrons. The van der Waals surface area contributed by atoms with Crippen molar-refractivity contribution in [2.75, 3.05) is 6.61 Å². The number of aromatic nitrogens is 4. The highest BCUT2D eigenvalue weighted by molar-refractivity contribution is 6.29. The Morgan fingerprint density at radius 1 is 1.40 bits per heavy atom. The Hall–Kier alpha value is -1.20. The van der Waals surface area contributed by atoms with Crippen LogP contribution in [0.25, 0.3) is 5.65 Å². The molecule has 2 aromatic heterocycles. The van der Waals surface area contributed by atoms with Gasteiger partial charge in [-0.15, -0.1) is 10.2 Å². The van der Waals surface area contributed by atoms with Crippen molar-refractivity contribution in [2.24, 2.45) is 0 Å². The number of hydrogen-bond donors (Lipinski definition) is 0. The molecule has 1 aliphatic heterocycles. The SMILES string of the molecule is Clc1ccc2nnc([C@H]3CCCO3)n2n1. The van der Waals surface area contributed by atoms with Crippen LogP contribution in [0.3, 0.4) is 0 Å². The van der Waals surface area contributed by atoms with E-state index in [4.69, 9.17) is 16.3 Å². The van der Waals surface area contributed by atoms with Gasteiger partial charge >= 0.3 is 0 Å². The average Bonchev–Trinajstić information content (AvgIpc) is 2.83. The van der Waals surface area contributed by atoms with Gasteiger partial charge in [0, 0.05) is 6.61 Å². The first-order valence-corrected chi connectivity index (χ1v) is 5.22. The van der Waals surface area contributed by atoms with Crippen LogP contribution in [0.15, 0.2) is 12.1 Å². The van der Waals surface area contributed by atoms with Crippen molar-refractivity contribution in [1.82, 2.24) is 19.8 Å². The van der Waals surface area contributed by atoms with Gasteiger partial charge in [0.1, 0.15) is 11.3 Å². The Bertz CT molecular complexity index is 492. The van der Waals surface area contributed by atoms with E-state index in [1.807, 2.05) is 0 Å². The molecule has 0 bridgehead atoms. The third-order valence-electron chi connectivity index (χ3n) is 2.47. The third-order valence-corrected chi connectivity index (χ3v) is 2.67. The third kappa shape index (κ3) is 1.48. The summed E-state index contributed by atoms with van der Waals surface area (Å²) < 4.78 is 7.19. The second-order valence-electron chi connectivity index (χ2n) is 3.49. The maximum absolute atomic E-state index is 5.83. The van der Waals surface area contributed by atoms with Crippen LogP contribution in [-0.4, -0.2) is 26.4 Å². The van der Waals surface area contributed by atoms with Gasteiger partial charge in [-0.3, -0.25) is 0 Å². The molecular formula is C9H9ClN4O. The Balaban J connectivity index is 2.13. The minimum Gasteiger partial charge on any atom is -0.370 e. The smallest absolute Gasteiger partial charge is 0.183 e. The van der Waals surface area contributed by atoms with Gasteiger partial charge in [-0.2, -0.15) is 9.61 Å². The summed E-state index contributed by atoms with van der Waals surface area (Å²) in [5.74, 6) is 0.741. The number of ether oxygens (including phenoxy) is 1. The summed E-state index contributed by atoms with van der Waals surface area (Å²) in [6.07, 6.45) is 2.03. The molecule has 6 heteroatoms. The second kappa shape index (κ2) is 3.43.